The van der Waals surface area contributed by atoms with Gasteiger partial charge < -0.3 is 24.7 Å². The fraction of sp³-hybridized carbons (Fsp3) is 0.773. The number of furan rings is 1. The van der Waals surface area contributed by atoms with E-state index in [1.807, 2.05) is 12.1 Å². The van der Waals surface area contributed by atoms with Crippen LogP contribution in [0.25, 0.3) is 0 Å². The largest absolute Gasteiger partial charge is 0.469 e. The molecule has 1 aromatic rings. The van der Waals surface area contributed by atoms with Gasteiger partial charge in [-0.3, -0.25) is 4.99 Å². The molecule has 3 heterocycles. The normalized spacial score (nSPS) is 26.9. The van der Waals surface area contributed by atoms with E-state index in [2.05, 4.69) is 15.5 Å². The molecule has 6 nitrogen and oxygen atoms in total. The highest BCUT2D eigenvalue weighted by Gasteiger charge is 2.26. The van der Waals surface area contributed by atoms with Crippen LogP contribution in [-0.2, 0) is 11.2 Å². The van der Waals surface area contributed by atoms with E-state index in [4.69, 9.17) is 14.1 Å². The highest BCUT2D eigenvalue weighted by atomic mass is 16.5. The fourth-order valence-electron chi connectivity index (χ4n) is 4.73. The number of hydrogen-bond donors (Lipinski definition) is 2. The molecular weight excluding hydrogens is 352 g/mol. The lowest BCUT2D eigenvalue weighted by molar-refractivity contribution is 0.187. The molecule has 6 heteroatoms. The molecule has 2 aliphatic heterocycles. The van der Waals surface area contributed by atoms with Crippen LogP contribution in [0.2, 0.25) is 0 Å². The van der Waals surface area contributed by atoms with E-state index in [1.165, 1.54) is 45.2 Å². The van der Waals surface area contributed by atoms with Crippen molar-refractivity contribution in [2.45, 2.75) is 51.0 Å². The van der Waals surface area contributed by atoms with Crippen LogP contribution >= 0.6 is 0 Å². The first kappa shape index (κ1) is 19.8. The summed E-state index contributed by atoms with van der Waals surface area (Å²) >= 11 is 0. The van der Waals surface area contributed by atoms with Crippen molar-refractivity contribution in [2.24, 2.45) is 16.8 Å². The lowest BCUT2D eigenvalue weighted by Crippen LogP contribution is -2.45. The average molecular weight is 389 g/mol. The second-order valence-electron chi connectivity index (χ2n) is 8.72. The average Bonchev–Trinajstić information content (AvgIpc) is 3.49. The Bertz CT molecular complexity index is 592. The van der Waals surface area contributed by atoms with E-state index in [0.717, 1.165) is 63.3 Å². The van der Waals surface area contributed by atoms with Crippen LogP contribution in [0.5, 0.6) is 0 Å². The number of nitrogens with one attached hydrogen (secondary N) is 2. The Morgan fingerprint density at radius 3 is 2.89 bits per heavy atom. The lowest BCUT2D eigenvalue weighted by Gasteiger charge is -2.21. The molecule has 2 unspecified atom stereocenters. The van der Waals surface area contributed by atoms with E-state index in [0.29, 0.717) is 12.0 Å². The summed E-state index contributed by atoms with van der Waals surface area (Å²) in [6.45, 7) is 7.05. The van der Waals surface area contributed by atoms with Crippen molar-refractivity contribution < 1.29 is 9.15 Å². The molecule has 4 rings (SSSR count). The van der Waals surface area contributed by atoms with Gasteiger partial charge in [0.2, 0.25) is 0 Å². The van der Waals surface area contributed by atoms with Gasteiger partial charge in [0.1, 0.15) is 5.76 Å². The van der Waals surface area contributed by atoms with Crippen molar-refractivity contribution in [1.29, 1.82) is 0 Å². The zero-order valence-electron chi connectivity index (χ0n) is 17.1. The number of nitrogens with zero attached hydrogens (tertiary/aromatic N) is 2. The van der Waals surface area contributed by atoms with Crippen molar-refractivity contribution in [3.63, 3.8) is 0 Å². The molecule has 1 aromatic heterocycles. The summed E-state index contributed by atoms with van der Waals surface area (Å²) in [5, 5.41) is 7.22. The second-order valence-corrected chi connectivity index (χ2v) is 8.72. The first-order valence-corrected chi connectivity index (χ1v) is 11.2. The van der Waals surface area contributed by atoms with E-state index in [9.17, 15) is 0 Å². The zero-order chi connectivity index (χ0) is 19.0. The molecule has 1 aliphatic carbocycles. The molecule has 3 fully saturated rings. The molecule has 156 valence electrons. The first-order valence-electron chi connectivity index (χ1n) is 11.2. The topological polar surface area (TPSA) is 62.0 Å². The van der Waals surface area contributed by atoms with E-state index >= 15 is 0 Å². The number of guanidine groups is 1. The van der Waals surface area contributed by atoms with Crippen LogP contribution in [0.4, 0.5) is 0 Å². The van der Waals surface area contributed by atoms with Crippen molar-refractivity contribution in [3.05, 3.63) is 24.2 Å². The Labute approximate surface area is 169 Å². The number of rotatable bonds is 8. The molecule has 0 bridgehead atoms. The van der Waals surface area contributed by atoms with Gasteiger partial charge in [-0.05, 0) is 43.7 Å². The monoisotopic (exact) mass is 388 g/mol. The number of likely N-dealkylation sites (tertiary alicyclic amines) is 1. The Morgan fingerprint density at radius 2 is 2.11 bits per heavy atom. The van der Waals surface area contributed by atoms with Crippen LogP contribution in [0.15, 0.2) is 27.8 Å². The molecule has 0 aromatic carbocycles. The minimum Gasteiger partial charge on any atom is -0.469 e. The molecule has 0 amide bonds. The van der Waals surface area contributed by atoms with E-state index < -0.39 is 0 Å². The maximum atomic E-state index is 5.50. The molecule has 0 spiro atoms. The van der Waals surface area contributed by atoms with Gasteiger partial charge in [0.05, 0.1) is 12.9 Å². The second kappa shape index (κ2) is 10.3. The van der Waals surface area contributed by atoms with Gasteiger partial charge in [-0.2, -0.15) is 0 Å². The van der Waals surface area contributed by atoms with Gasteiger partial charge >= 0.3 is 0 Å². The zero-order valence-corrected chi connectivity index (χ0v) is 17.1. The lowest BCUT2D eigenvalue weighted by atomic mass is 10.1. The summed E-state index contributed by atoms with van der Waals surface area (Å²) < 4.78 is 10.9. The van der Waals surface area contributed by atoms with Crippen molar-refractivity contribution in [2.75, 3.05) is 45.9 Å². The maximum Gasteiger partial charge on any atom is 0.191 e. The third kappa shape index (κ3) is 5.98. The van der Waals surface area contributed by atoms with Gasteiger partial charge in [0.25, 0.3) is 0 Å². The SMILES string of the molecule is c1coc(CCNC(=NCC2CCOC2)NC2CCN(CC3CCCC3)C2)c1. The third-order valence-electron chi connectivity index (χ3n) is 6.38. The molecular formula is C22H36N4O2. The first-order chi connectivity index (χ1) is 13.8. The van der Waals surface area contributed by atoms with Crippen molar-refractivity contribution in [1.82, 2.24) is 15.5 Å². The predicted molar refractivity (Wildman–Crippen MR) is 112 cm³/mol. The standard InChI is InChI=1S/C22H36N4O2/c1-2-5-18(4-1)15-26-11-8-20(16-26)25-22(24-14-19-9-13-27-17-19)23-10-7-21-6-3-12-28-21/h3,6,12,18-20H,1-2,4-5,7-11,13-17H2,(H2,23,24,25). The molecule has 2 N–H and O–H groups in total. The van der Waals surface area contributed by atoms with Crippen LogP contribution in [0.1, 0.15) is 44.3 Å². The van der Waals surface area contributed by atoms with Crippen LogP contribution in [0, 0.1) is 11.8 Å². The smallest absolute Gasteiger partial charge is 0.191 e. The number of hydrogen-bond acceptors (Lipinski definition) is 4. The molecule has 3 aliphatic rings. The Balaban J connectivity index is 1.25. The highest BCUT2D eigenvalue weighted by molar-refractivity contribution is 5.80. The van der Waals surface area contributed by atoms with E-state index in [1.54, 1.807) is 6.26 Å². The fourth-order valence-corrected chi connectivity index (χ4v) is 4.73. The van der Waals surface area contributed by atoms with Gasteiger partial charge in [-0.25, -0.2) is 0 Å². The highest BCUT2D eigenvalue weighted by Crippen LogP contribution is 2.26. The van der Waals surface area contributed by atoms with Crippen molar-refractivity contribution in [3.8, 4) is 0 Å². The Kier molecular flexibility index (Phi) is 7.28. The quantitative estimate of drug-likeness (QED) is 0.530. The summed E-state index contributed by atoms with van der Waals surface area (Å²) in [5.74, 6) is 3.46. The van der Waals surface area contributed by atoms with Gasteiger partial charge in [0, 0.05) is 57.7 Å². The minimum atomic E-state index is 0.496. The molecule has 2 saturated heterocycles. The number of aliphatic imine (C=N–C) groups is 1. The molecule has 28 heavy (non-hydrogen) atoms. The summed E-state index contributed by atoms with van der Waals surface area (Å²) in [7, 11) is 0. The maximum absolute atomic E-state index is 5.50. The molecule has 1 saturated carbocycles. The predicted octanol–water partition coefficient (Wildman–Crippen LogP) is 2.66. The van der Waals surface area contributed by atoms with Crippen molar-refractivity contribution >= 4 is 5.96 Å². The van der Waals surface area contributed by atoms with Gasteiger partial charge in [-0.1, -0.05) is 12.8 Å². The summed E-state index contributed by atoms with van der Waals surface area (Å²) in [6.07, 6.45) is 10.7. The third-order valence-corrected chi connectivity index (χ3v) is 6.38. The summed E-state index contributed by atoms with van der Waals surface area (Å²) in [5.41, 5.74) is 0. The minimum absolute atomic E-state index is 0.496. The van der Waals surface area contributed by atoms with E-state index in [-0.39, 0.29) is 0 Å². The summed E-state index contributed by atoms with van der Waals surface area (Å²) in [4.78, 5) is 7.53. The molecule has 2 atom stereocenters. The Hall–Kier alpha value is -1.53. The van der Waals surface area contributed by atoms with Crippen LogP contribution in [0.3, 0.4) is 0 Å². The van der Waals surface area contributed by atoms with Gasteiger partial charge in [0.15, 0.2) is 5.96 Å². The van der Waals surface area contributed by atoms with Crippen LogP contribution < -0.4 is 10.6 Å². The summed E-state index contributed by atoms with van der Waals surface area (Å²) in [6, 6.07) is 4.47. The Morgan fingerprint density at radius 1 is 1.18 bits per heavy atom. The molecule has 0 radical (unpaired) electrons. The van der Waals surface area contributed by atoms with Gasteiger partial charge in [-0.15, -0.1) is 0 Å². The number of ether oxygens (including phenoxy) is 1. The van der Waals surface area contributed by atoms with Crippen LogP contribution in [-0.4, -0.2) is 62.8 Å².